The fourth-order valence-electron chi connectivity index (χ4n) is 10.1. The fraction of sp³-hybridized carbons (Fsp3) is 0. The molecule has 276 valence electrons. The highest BCUT2D eigenvalue weighted by atomic mass is 32.1. The van der Waals surface area contributed by atoms with Gasteiger partial charge in [0.25, 0.3) is 0 Å². The van der Waals surface area contributed by atoms with Crippen molar-refractivity contribution < 1.29 is 0 Å². The fourth-order valence-corrected chi connectivity index (χ4v) is 11.3. The lowest BCUT2D eigenvalue weighted by molar-refractivity contribution is 1.01. The summed E-state index contributed by atoms with van der Waals surface area (Å²) in [6.45, 7) is 0. The molecule has 1 aliphatic rings. The van der Waals surface area contributed by atoms with Crippen molar-refractivity contribution in [1.29, 1.82) is 0 Å². The molecule has 4 heteroatoms. The van der Waals surface area contributed by atoms with Crippen LogP contribution < -0.4 is 0 Å². The molecule has 3 nitrogen and oxygen atoms in total. The van der Waals surface area contributed by atoms with E-state index >= 15 is 0 Å². The molecule has 0 spiro atoms. The molecule has 14 rings (SSSR count). The highest BCUT2D eigenvalue weighted by molar-refractivity contribution is 7.25. The lowest BCUT2D eigenvalue weighted by Gasteiger charge is -2.13. The van der Waals surface area contributed by atoms with Crippen LogP contribution in [0.25, 0.3) is 136 Å². The minimum atomic E-state index is 0.662. The molecule has 0 saturated carbocycles. The molecule has 13 aromatic rings. The Morgan fingerprint density at radius 2 is 1.02 bits per heavy atom. The maximum Gasteiger partial charge on any atom is 0.235 e. The standard InChI is InChI=1S/C56H31N3S/c1-2-11-33-30-51-47(27-32(33)10-1)46-29-35(38-23-24-44-40-13-4-3-12-39(40)43-17-9-16-42(38)54(43)44)22-25-50(46)59(51)56-57-49-18-7-5-15-45(49)55(58-56)36-21-20-34-28-48-41-14-6-8-19-52(41)60-53(48)31-37(34)26-36/h1-31H. The van der Waals surface area contributed by atoms with Gasteiger partial charge in [-0.3, -0.25) is 4.57 Å². The van der Waals surface area contributed by atoms with Gasteiger partial charge in [0.1, 0.15) is 0 Å². The molecular formula is C56H31N3S. The van der Waals surface area contributed by atoms with Gasteiger partial charge in [-0.2, -0.15) is 0 Å². The van der Waals surface area contributed by atoms with Crippen molar-refractivity contribution in [2.45, 2.75) is 0 Å². The monoisotopic (exact) mass is 777 g/mol. The Bertz CT molecular complexity index is 3990. The molecule has 0 bridgehead atoms. The molecule has 10 aromatic carbocycles. The highest BCUT2D eigenvalue weighted by Crippen LogP contribution is 2.50. The Morgan fingerprint density at radius 3 is 1.92 bits per heavy atom. The van der Waals surface area contributed by atoms with Crippen LogP contribution >= 0.6 is 11.3 Å². The third-order valence-corrected chi connectivity index (χ3v) is 14.0. The third kappa shape index (κ3) is 4.48. The van der Waals surface area contributed by atoms with Crippen molar-refractivity contribution in [1.82, 2.24) is 14.5 Å². The first-order valence-corrected chi connectivity index (χ1v) is 21.3. The SMILES string of the molecule is c1ccc2c(c1)-c1cccc3c(-c4ccc5c(c4)c4cc6ccccc6cc4n5-c4nc(-c5ccc6cc7c(cc6c5)sc5ccccc57)c5ccccc5n4)ccc-2c13. The molecule has 0 N–H and O–H groups in total. The number of fused-ring (bicyclic) bond motifs is 12. The van der Waals surface area contributed by atoms with Gasteiger partial charge in [-0.15, -0.1) is 11.3 Å². The van der Waals surface area contributed by atoms with E-state index in [1.54, 1.807) is 0 Å². The Kier molecular flexibility index (Phi) is 6.44. The topological polar surface area (TPSA) is 30.7 Å². The molecule has 0 amide bonds. The predicted octanol–water partition coefficient (Wildman–Crippen LogP) is 15.5. The Morgan fingerprint density at radius 1 is 0.350 bits per heavy atom. The van der Waals surface area contributed by atoms with Gasteiger partial charge >= 0.3 is 0 Å². The van der Waals surface area contributed by atoms with Crippen molar-refractivity contribution in [3.05, 3.63) is 188 Å². The molecule has 1 aliphatic carbocycles. The summed E-state index contributed by atoms with van der Waals surface area (Å²) in [4.78, 5) is 10.9. The van der Waals surface area contributed by atoms with E-state index in [-0.39, 0.29) is 0 Å². The zero-order valence-electron chi connectivity index (χ0n) is 32.1. The predicted molar refractivity (Wildman–Crippen MR) is 255 cm³/mol. The van der Waals surface area contributed by atoms with Gasteiger partial charge in [-0.25, -0.2) is 9.97 Å². The number of para-hydroxylation sites is 1. The summed E-state index contributed by atoms with van der Waals surface area (Å²) in [5.41, 5.74) is 12.8. The van der Waals surface area contributed by atoms with E-state index in [4.69, 9.17) is 9.97 Å². The first-order valence-electron chi connectivity index (χ1n) is 20.5. The average molecular weight is 778 g/mol. The van der Waals surface area contributed by atoms with Gasteiger partial charge in [-0.05, 0) is 120 Å². The van der Waals surface area contributed by atoms with E-state index in [0.29, 0.717) is 5.95 Å². The molecule has 60 heavy (non-hydrogen) atoms. The zero-order chi connectivity index (χ0) is 39.1. The number of hydrogen-bond acceptors (Lipinski definition) is 3. The minimum absolute atomic E-state index is 0.662. The van der Waals surface area contributed by atoms with Crippen LogP contribution in [0.5, 0.6) is 0 Å². The van der Waals surface area contributed by atoms with Crippen LogP contribution in [0.3, 0.4) is 0 Å². The van der Waals surface area contributed by atoms with Crippen LogP contribution in [0.1, 0.15) is 0 Å². The maximum absolute atomic E-state index is 5.52. The van der Waals surface area contributed by atoms with Crippen molar-refractivity contribution in [2.75, 3.05) is 0 Å². The molecule has 3 aromatic heterocycles. The smallest absolute Gasteiger partial charge is 0.235 e. The van der Waals surface area contributed by atoms with Crippen molar-refractivity contribution in [3.63, 3.8) is 0 Å². The number of hydrogen-bond donors (Lipinski definition) is 0. The second kappa shape index (κ2) is 12.0. The van der Waals surface area contributed by atoms with E-state index in [9.17, 15) is 0 Å². The van der Waals surface area contributed by atoms with E-state index in [0.717, 1.165) is 33.2 Å². The second-order valence-electron chi connectivity index (χ2n) is 16.1. The molecule has 0 unspecified atom stereocenters. The largest absolute Gasteiger partial charge is 0.278 e. The van der Waals surface area contributed by atoms with E-state index < -0.39 is 0 Å². The summed E-state index contributed by atoms with van der Waals surface area (Å²) in [6, 6.07) is 69.0. The Labute approximate surface area is 348 Å². The van der Waals surface area contributed by atoms with Gasteiger partial charge < -0.3 is 0 Å². The maximum atomic E-state index is 5.52. The lowest BCUT2D eigenvalue weighted by Crippen LogP contribution is -2.03. The van der Waals surface area contributed by atoms with Gasteiger partial charge in [-0.1, -0.05) is 133 Å². The molecular weight excluding hydrogens is 747 g/mol. The molecule has 0 atom stereocenters. The zero-order valence-corrected chi connectivity index (χ0v) is 33.0. The summed E-state index contributed by atoms with van der Waals surface area (Å²) in [7, 11) is 0. The van der Waals surface area contributed by atoms with Crippen LogP contribution in [0.2, 0.25) is 0 Å². The van der Waals surface area contributed by atoms with Crippen molar-refractivity contribution in [3.8, 4) is 50.6 Å². The van der Waals surface area contributed by atoms with Crippen LogP contribution in [0, 0.1) is 0 Å². The van der Waals surface area contributed by atoms with E-state index in [2.05, 4.69) is 193 Å². The first kappa shape index (κ1) is 32.3. The average Bonchev–Trinajstić information content (AvgIpc) is 3.94. The molecule has 0 fully saturated rings. The van der Waals surface area contributed by atoms with Gasteiger partial charge in [0.2, 0.25) is 5.95 Å². The van der Waals surface area contributed by atoms with Gasteiger partial charge in [0.05, 0.1) is 22.2 Å². The molecule has 0 radical (unpaired) electrons. The Balaban J connectivity index is 0.999. The van der Waals surface area contributed by atoms with Crippen LogP contribution in [0.15, 0.2) is 188 Å². The molecule has 3 heterocycles. The number of thiophene rings is 1. The summed E-state index contributed by atoms with van der Waals surface area (Å²) in [5.74, 6) is 0.662. The molecule has 0 saturated heterocycles. The minimum Gasteiger partial charge on any atom is -0.278 e. The second-order valence-corrected chi connectivity index (χ2v) is 17.2. The van der Waals surface area contributed by atoms with Crippen LogP contribution in [-0.2, 0) is 0 Å². The number of nitrogens with zero attached hydrogens (tertiary/aromatic N) is 3. The summed E-state index contributed by atoms with van der Waals surface area (Å²) in [5, 5.41) is 13.5. The van der Waals surface area contributed by atoms with E-state index in [1.165, 1.54) is 96.6 Å². The third-order valence-electron chi connectivity index (χ3n) is 12.9. The lowest BCUT2D eigenvalue weighted by atomic mass is 9.93. The summed E-state index contributed by atoms with van der Waals surface area (Å²) < 4.78 is 4.90. The summed E-state index contributed by atoms with van der Waals surface area (Å²) in [6.07, 6.45) is 0. The Hall–Kier alpha value is -7.66. The first-order chi connectivity index (χ1) is 29.7. The van der Waals surface area contributed by atoms with Crippen LogP contribution in [0.4, 0.5) is 0 Å². The van der Waals surface area contributed by atoms with Crippen molar-refractivity contribution in [2.24, 2.45) is 0 Å². The number of benzene rings is 10. The van der Waals surface area contributed by atoms with Gasteiger partial charge in [0.15, 0.2) is 0 Å². The number of aromatic nitrogens is 3. The summed E-state index contributed by atoms with van der Waals surface area (Å²) >= 11 is 1.86. The normalized spacial score (nSPS) is 12.3. The van der Waals surface area contributed by atoms with E-state index in [1.807, 2.05) is 11.3 Å². The van der Waals surface area contributed by atoms with Crippen molar-refractivity contribution >= 4 is 96.5 Å². The highest BCUT2D eigenvalue weighted by Gasteiger charge is 2.24. The number of rotatable bonds is 3. The van der Waals surface area contributed by atoms with Crippen LogP contribution in [-0.4, -0.2) is 14.5 Å². The van der Waals surface area contributed by atoms with Gasteiger partial charge in [0, 0.05) is 41.9 Å². The quantitative estimate of drug-likeness (QED) is 0.179. The molecule has 0 aliphatic heterocycles.